The molecule has 0 N–H and O–H groups in total. The van der Waals surface area contributed by atoms with Crippen molar-refractivity contribution in [1.82, 2.24) is 14.7 Å². The van der Waals surface area contributed by atoms with Crippen molar-refractivity contribution in [3.8, 4) is 0 Å². The maximum atomic E-state index is 12.7. The Labute approximate surface area is 171 Å². The Morgan fingerprint density at radius 3 is 1.97 bits per heavy atom. The molecule has 12 nitrogen and oxygen atoms in total. The molecule has 162 valence electrons. The summed E-state index contributed by atoms with van der Waals surface area (Å²) in [5.41, 5.74) is 0. The summed E-state index contributed by atoms with van der Waals surface area (Å²) < 4.78 is 19.7. The summed E-state index contributed by atoms with van der Waals surface area (Å²) in [6.45, 7) is -0.481. The van der Waals surface area contributed by atoms with Gasteiger partial charge in [-0.05, 0) is 6.26 Å². The second-order valence-electron chi connectivity index (χ2n) is 6.28. The van der Waals surface area contributed by atoms with Gasteiger partial charge in [0.1, 0.15) is 38.5 Å². The van der Waals surface area contributed by atoms with Crippen LogP contribution in [0, 0.1) is 0 Å². The lowest BCUT2D eigenvalue weighted by atomic mass is 10.4. The predicted molar refractivity (Wildman–Crippen MR) is 97.8 cm³/mol. The maximum absolute atomic E-state index is 12.7. The van der Waals surface area contributed by atoms with Crippen molar-refractivity contribution in [1.29, 1.82) is 0 Å². The minimum atomic E-state index is -1.14. The van der Waals surface area contributed by atoms with Gasteiger partial charge in [-0.15, -0.1) is 11.8 Å². The average Bonchev–Trinajstić information content (AvgIpc) is 3.60. The minimum absolute atomic E-state index is 0.00264. The largest absolute Gasteiger partial charge is 0.461 e. The topological polar surface area (TPSA) is 139 Å². The number of urea groups is 2. The van der Waals surface area contributed by atoms with Gasteiger partial charge in [-0.2, -0.15) is 0 Å². The molecule has 0 aromatic carbocycles. The number of ether oxygens (including phenoxy) is 4. The van der Waals surface area contributed by atoms with Crippen molar-refractivity contribution < 1.29 is 42.9 Å². The number of hydrogen-bond acceptors (Lipinski definition) is 10. The van der Waals surface area contributed by atoms with Crippen molar-refractivity contribution >= 4 is 42.2 Å². The molecule has 2 atom stereocenters. The third kappa shape index (κ3) is 7.87. The van der Waals surface area contributed by atoms with Crippen LogP contribution in [0.5, 0.6) is 0 Å². The van der Waals surface area contributed by atoms with Gasteiger partial charge in [-0.1, -0.05) is 0 Å². The molecule has 2 aliphatic rings. The maximum Gasteiger partial charge on any atom is 0.335 e. The minimum Gasteiger partial charge on any atom is -0.461 e. The van der Waals surface area contributed by atoms with E-state index in [0.29, 0.717) is 23.0 Å². The van der Waals surface area contributed by atoms with E-state index >= 15 is 0 Å². The first-order valence-corrected chi connectivity index (χ1v) is 10.1. The lowest BCUT2D eigenvalue weighted by molar-refractivity contribution is -0.146. The molecule has 0 radical (unpaired) electrons. The number of imide groups is 2. The Bertz CT molecular complexity index is 639. The van der Waals surface area contributed by atoms with Gasteiger partial charge < -0.3 is 23.8 Å². The van der Waals surface area contributed by atoms with Crippen molar-refractivity contribution in [3.63, 3.8) is 0 Å². The van der Waals surface area contributed by atoms with E-state index in [1.54, 1.807) is 6.26 Å². The molecule has 2 rings (SSSR count). The molecule has 2 heterocycles. The zero-order chi connectivity index (χ0) is 21.4. The molecule has 2 saturated heterocycles. The van der Waals surface area contributed by atoms with Gasteiger partial charge in [0.15, 0.2) is 0 Å². The highest BCUT2D eigenvalue weighted by Crippen LogP contribution is 2.11. The van der Waals surface area contributed by atoms with Crippen molar-refractivity contribution in [2.24, 2.45) is 0 Å². The smallest absolute Gasteiger partial charge is 0.335 e. The van der Waals surface area contributed by atoms with Crippen LogP contribution < -0.4 is 0 Å². The van der Waals surface area contributed by atoms with E-state index in [9.17, 15) is 24.0 Å². The molecule has 13 heteroatoms. The number of hydrogen-bond donors (Lipinski definition) is 0. The van der Waals surface area contributed by atoms with Gasteiger partial charge in [-0.25, -0.2) is 14.5 Å². The van der Waals surface area contributed by atoms with Gasteiger partial charge >= 0.3 is 24.0 Å². The van der Waals surface area contributed by atoms with Gasteiger partial charge in [-0.3, -0.25) is 19.3 Å². The highest BCUT2D eigenvalue weighted by atomic mass is 32.2. The van der Waals surface area contributed by atoms with Crippen molar-refractivity contribution in [2.45, 2.75) is 12.2 Å². The monoisotopic (exact) mass is 433 g/mol. The van der Waals surface area contributed by atoms with Gasteiger partial charge in [0.2, 0.25) is 6.41 Å². The fourth-order valence-electron chi connectivity index (χ4n) is 2.04. The summed E-state index contributed by atoms with van der Waals surface area (Å²) in [5, 5.41) is 0. The first-order chi connectivity index (χ1) is 13.8. The van der Waals surface area contributed by atoms with Crippen LogP contribution in [0.2, 0.25) is 0 Å². The molecular weight excluding hydrogens is 410 g/mol. The lowest BCUT2D eigenvalue weighted by Gasteiger charge is -2.28. The van der Waals surface area contributed by atoms with Crippen LogP contribution in [-0.4, -0.2) is 116 Å². The Balaban J connectivity index is 2.00. The first-order valence-electron chi connectivity index (χ1n) is 8.67. The third-order valence-electron chi connectivity index (χ3n) is 3.74. The number of epoxide rings is 2. The van der Waals surface area contributed by atoms with E-state index in [1.165, 1.54) is 23.7 Å². The van der Waals surface area contributed by atoms with Crippen molar-refractivity contribution in [2.75, 3.05) is 58.7 Å². The fourth-order valence-corrected chi connectivity index (χ4v) is 2.53. The number of thioether (sulfide) groups is 1. The molecule has 2 aliphatic heterocycles. The second-order valence-corrected chi connectivity index (χ2v) is 7.11. The molecule has 2 fully saturated rings. The summed E-state index contributed by atoms with van der Waals surface area (Å²) in [7, 11) is 1.43. The standard InChI is InChI=1S/C16H23N3O9S/c1-17(10-29-2)15(23)19(4-14(22)28-8-12-6-26-12)16(24)18(9-20)3-13(21)27-7-11-5-25-11/h9,11-12H,3-8,10H2,1-2H3. The summed E-state index contributed by atoms with van der Waals surface area (Å²) in [6, 6.07) is -1.97. The molecule has 0 spiro atoms. The van der Waals surface area contributed by atoms with Crippen LogP contribution >= 0.6 is 11.8 Å². The quantitative estimate of drug-likeness (QED) is 0.175. The normalized spacial score (nSPS) is 19.0. The van der Waals surface area contributed by atoms with E-state index in [1.807, 2.05) is 0 Å². The number of carbonyl (C=O) groups is 5. The summed E-state index contributed by atoms with van der Waals surface area (Å²) in [6.07, 6.45) is 1.48. The molecule has 0 saturated carbocycles. The van der Waals surface area contributed by atoms with E-state index in [0.717, 1.165) is 0 Å². The Kier molecular flexibility index (Phi) is 8.67. The Morgan fingerprint density at radius 1 is 1.00 bits per heavy atom. The molecule has 0 bridgehead atoms. The highest BCUT2D eigenvalue weighted by Gasteiger charge is 2.33. The number of nitrogens with zero attached hydrogens (tertiary/aromatic N) is 3. The number of amides is 5. The van der Waals surface area contributed by atoms with E-state index < -0.39 is 37.1 Å². The molecular formula is C16H23N3O9S. The molecule has 0 aromatic rings. The second kappa shape index (κ2) is 11.0. The van der Waals surface area contributed by atoms with Gasteiger partial charge in [0.25, 0.3) is 0 Å². The highest BCUT2D eigenvalue weighted by molar-refractivity contribution is 7.98. The van der Waals surface area contributed by atoms with Crippen LogP contribution in [-0.2, 0) is 33.3 Å². The molecule has 0 aliphatic carbocycles. The zero-order valence-corrected chi connectivity index (χ0v) is 16.9. The van der Waals surface area contributed by atoms with Crippen molar-refractivity contribution in [3.05, 3.63) is 0 Å². The fraction of sp³-hybridized carbons (Fsp3) is 0.688. The van der Waals surface area contributed by atoms with Gasteiger partial charge in [0.05, 0.1) is 19.1 Å². The number of esters is 2. The van der Waals surface area contributed by atoms with Crippen LogP contribution in [0.25, 0.3) is 0 Å². The zero-order valence-electron chi connectivity index (χ0n) is 16.1. The molecule has 29 heavy (non-hydrogen) atoms. The number of carbonyl (C=O) groups excluding carboxylic acids is 5. The third-order valence-corrected chi connectivity index (χ3v) is 4.38. The summed E-state index contributed by atoms with van der Waals surface area (Å²) in [5.74, 6) is -1.46. The van der Waals surface area contributed by atoms with E-state index in [-0.39, 0.29) is 37.7 Å². The SMILES string of the molecule is CSCN(C)C(=O)N(CC(=O)OCC1CO1)C(=O)N(C=O)CC(=O)OCC1CO1. The van der Waals surface area contributed by atoms with E-state index in [2.05, 4.69) is 0 Å². The molecule has 5 amide bonds. The summed E-state index contributed by atoms with van der Waals surface area (Å²) >= 11 is 1.31. The van der Waals surface area contributed by atoms with Crippen LogP contribution in [0.4, 0.5) is 9.59 Å². The van der Waals surface area contributed by atoms with Crippen LogP contribution in [0.3, 0.4) is 0 Å². The molecule has 2 unspecified atom stereocenters. The van der Waals surface area contributed by atoms with Gasteiger partial charge in [0, 0.05) is 7.05 Å². The molecule has 0 aromatic heterocycles. The van der Waals surface area contributed by atoms with Crippen LogP contribution in [0.15, 0.2) is 0 Å². The Morgan fingerprint density at radius 2 is 1.52 bits per heavy atom. The first kappa shape index (κ1) is 22.9. The van der Waals surface area contributed by atoms with Crippen LogP contribution in [0.1, 0.15) is 0 Å². The summed E-state index contributed by atoms with van der Waals surface area (Å²) in [4.78, 5) is 62.7. The lowest BCUT2D eigenvalue weighted by Crippen LogP contribution is -2.53. The predicted octanol–water partition coefficient (Wildman–Crippen LogP) is -0.877. The Hall–Kier alpha value is -2.38. The average molecular weight is 433 g/mol. The van der Waals surface area contributed by atoms with E-state index in [4.69, 9.17) is 18.9 Å². The number of rotatable bonds is 11.